The highest BCUT2D eigenvalue weighted by Gasteiger charge is 2.19. The number of benzene rings is 3. The Morgan fingerprint density at radius 3 is 2.79 bits per heavy atom. The Balaban J connectivity index is 1.57. The summed E-state index contributed by atoms with van der Waals surface area (Å²) in [7, 11) is -2.32. The van der Waals surface area contributed by atoms with E-state index in [1.54, 1.807) is 13.1 Å². The Morgan fingerprint density at radius 2 is 1.93 bits per heavy atom. The van der Waals surface area contributed by atoms with Gasteiger partial charge in [-0.1, -0.05) is 41.7 Å². The van der Waals surface area contributed by atoms with E-state index in [4.69, 9.17) is 4.42 Å². The molecule has 0 saturated carbocycles. The largest absolute Gasteiger partial charge is 0.419 e. The van der Waals surface area contributed by atoms with Crippen molar-refractivity contribution in [1.82, 2.24) is 9.55 Å². The Hall–Kier alpha value is -3.17. The predicted molar refractivity (Wildman–Crippen MR) is 109 cm³/mol. The lowest BCUT2D eigenvalue weighted by atomic mass is 10.1. The normalized spacial score (nSPS) is 12.2. The second-order valence-electron chi connectivity index (χ2n) is 6.31. The summed E-state index contributed by atoms with van der Waals surface area (Å²) >= 11 is 1.26. The maximum Gasteiger partial charge on any atom is 0.419 e. The van der Waals surface area contributed by atoms with Gasteiger partial charge in [-0.05, 0) is 23.6 Å². The average molecular weight is 411 g/mol. The zero-order chi connectivity index (χ0) is 19.5. The molecule has 0 radical (unpaired) electrons. The highest BCUT2D eigenvalue weighted by molar-refractivity contribution is 7.93. The summed E-state index contributed by atoms with van der Waals surface area (Å²) in [6.07, 6.45) is 0. The summed E-state index contributed by atoms with van der Waals surface area (Å²) in [6.45, 7) is 0. The number of oxazole rings is 1. The van der Waals surface area contributed by atoms with Gasteiger partial charge >= 0.3 is 5.76 Å². The third-order valence-electron chi connectivity index (χ3n) is 4.58. The molecule has 3 aromatic carbocycles. The van der Waals surface area contributed by atoms with Crippen molar-refractivity contribution in [2.24, 2.45) is 7.05 Å². The number of rotatable bonds is 3. The molecule has 0 aliphatic heterocycles. The average Bonchev–Trinajstić information content (AvgIpc) is 3.21. The van der Waals surface area contributed by atoms with Gasteiger partial charge in [0.05, 0.1) is 20.6 Å². The molecular formula is C19H13N3O4S2. The summed E-state index contributed by atoms with van der Waals surface area (Å²) in [5, 5.41) is 2.29. The van der Waals surface area contributed by atoms with E-state index in [9.17, 15) is 13.2 Å². The minimum absolute atomic E-state index is 0.00142. The number of nitrogens with zero attached hydrogens (tertiary/aromatic N) is 2. The minimum atomic E-state index is -3.88. The van der Waals surface area contributed by atoms with Gasteiger partial charge in [0.25, 0.3) is 10.0 Å². The molecule has 140 valence electrons. The van der Waals surface area contributed by atoms with Crippen molar-refractivity contribution in [1.29, 1.82) is 0 Å². The van der Waals surface area contributed by atoms with Gasteiger partial charge in [0, 0.05) is 18.5 Å². The van der Waals surface area contributed by atoms with Gasteiger partial charge in [-0.25, -0.2) is 18.2 Å². The Kier molecular flexibility index (Phi) is 3.58. The molecule has 0 aliphatic rings. The maximum atomic E-state index is 12.8. The monoisotopic (exact) mass is 411 g/mol. The molecule has 2 heterocycles. The summed E-state index contributed by atoms with van der Waals surface area (Å²) < 4.78 is 35.4. The van der Waals surface area contributed by atoms with Crippen LogP contribution in [0.4, 0.5) is 5.13 Å². The first kappa shape index (κ1) is 17.0. The van der Waals surface area contributed by atoms with Crippen LogP contribution < -0.4 is 10.5 Å². The van der Waals surface area contributed by atoms with E-state index in [2.05, 4.69) is 9.71 Å². The van der Waals surface area contributed by atoms with E-state index in [1.807, 2.05) is 36.4 Å². The van der Waals surface area contributed by atoms with Crippen LogP contribution >= 0.6 is 11.3 Å². The standard InChI is InChI=1S/C19H13N3O4S2/c1-22-14-8-7-12(10-15(14)26-19(22)23)28(24,25)21-18-20-17-13-5-3-2-4-11(13)6-9-16(17)27-18/h2-10H,1H3,(H,20,21). The van der Waals surface area contributed by atoms with Crippen LogP contribution in [0.25, 0.3) is 32.1 Å². The fourth-order valence-electron chi connectivity index (χ4n) is 3.16. The molecule has 0 bridgehead atoms. The van der Waals surface area contributed by atoms with E-state index in [0.29, 0.717) is 5.52 Å². The first-order valence-electron chi connectivity index (χ1n) is 8.33. The number of anilines is 1. The highest BCUT2D eigenvalue weighted by atomic mass is 32.2. The van der Waals surface area contributed by atoms with Gasteiger partial charge < -0.3 is 4.42 Å². The molecule has 0 aliphatic carbocycles. The third-order valence-corrected chi connectivity index (χ3v) is 6.98. The van der Waals surface area contributed by atoms with Crippen LogP contribution in [0.2, 0.25) is 0 Å². The smallest absolute Gasteiger partial charge is 0.408 e. The predicted octanol–water partition coefficient (Wildman–Crippen LogP) is 3.70. The lowest BCUT2D eigenvalue weighted by molar-refractivity contribution is 0.527. The zero-order valence-electron chi connectivity index (χ0n) is 14.5. The van der Waals surface area contributed by atoms with Crippen LogP contribution in [0.1, 0.15) is 0 Å². The van der Waals surface area contributed by atoms with Crippen LogP contribution in [-0.2, 0) is 17.1 Å². The van der Waals surface area contributed by atoms with E-state index in [0.717, 1.165) is 21.0 Å². The zero-order valence-corrected chi connectivity index (χ0v) is 16.2. The van der Waals surface area contributed by atoms with Crippen molar-refractivity contribution >= 4 is 58.6 Å². The van der Waals surface area contributed by atoms with Gasteiger partial charge in [0.1, 0.15) is 0 Å². The lowest BCUT2D eigenvalue weighted by Gasteiger charge is -2.04. The van der Waals surface area contributed by atoms with Crippen molar-refractivity contribution in [2.75, 3.05) is 4.72 Å². The van der Waals surface area contributed by atoms with Gasteiger partial charge in [-0.2, -0.15) is 0 Å². The molecule has 1 N–H and O–H groups in total. The Labute approximate surface area is 162 Å². The minimum Gasteiger partial charge on any atom is -0.408 e. The number of aryl methyl sites for hydroxylation is 1. The van der Waals surface area contributed by atoms with E-state index >= 15 is 0 Å². The topological polar surface area (TPSA) is 94.2 Å². The summed E-state index contributed by atoms with van der Waals surface area (Å²) in [4.78, 5) is 16.1. The summed E-state index contributed by atoms with van der Waals surface area (Å²) in [6, 6.07) is 16.0. The van der Waals surface area contributed by atoms with Gasteiger partial charge in [0.15, 0.2) is 10.7 Å². The third kappa shape index (κ3) is 2.59. The van der Waals surface area contributed by atoms with Crippen LogP contribution in [0.15, 0.2) is 68.7 Å². The van der Waals surface area contributed by atoms with Crippen molar-refractivity contribution in [3.63, 3.8) is 0 Å². The molecule has 7 nitrogen and oxygen atoms in total. The SMILES string of the molecule is Cn1c(=O)oc2cc(S(=O)(=O)Nc3nc4c(ccc5ccccc54)s3)ccc21. The molecule has 0 spiro atoms. The van der Waals surface area contributed by atoms with Crippen LogP contribution in [0, 0.1) is 0 Å². The first-order valence-corrected chi connectivity index (χ1v) is 10.6. The van der Waals surface area contributed by atoms with Crippen LogP contribution in [0.5, 0.6) is 0 Å². The number of sulfonamides is 1. The second kappa shape index (κ2) is 5.91. The van der Waals surface area contributed by atoms with E-state index < -0.39 is 15.8 Å². The number of fused-ring (bicyclic) bond motifs is 4. The number of hydrogen-bond acceptors (Lipinski definition) is 6. The quantitative estimate of drug-likeness (QED) is 0.489. The Bertz CT molecular complexity index is 1540. The number of aromatic nitrogens is 2. The van der Waals surface area contributed by atoms with Gasteiger partial charge in [-0.15, -0.1) is 0 Å². The van der Waals surface area contributed by atoms with Crippen molar-refractivity contribution in [3.05, 3.63) is 65.1 Å². The molecule has 0 atom stereocenters. The maximum absolute atomic E-state index is 12.8. The molecule has 5 aromatic rings. The lowest BCUT2D eigenvalue weighted by Crippen LogP contribution is -2.12. The first-order chi connectivity index (χ1) is 13.4. The molecule has 0 unspecified atom stereocenters. The molecule has 9 heteroatoms. The summed E-state index contributed by atoms with van der Waals surface area (Å²) in [5.74, 6) is -0.546. The summed E-state index contributed by atoms with van der Waals surface area (Å²) in [5.41, 5.74) is 1.49. The number of hydrogen-bond donors (Lipinski definition) is 1. The number of thiazole rings is 1. The molecule has 5 rings (SSSR count). The van der Waals surface area contributed by atoms with Crippen molar-refractivity contribution < 1.29 is 12.8 Å². The molecule has 0 amide bonds. The molecular weight excluding hydrogens is 398 g/mol. The molecule has 28 heavy (non-hydrogen) atoms. The van der Waals surface area contributed by atoms with Gasteiger partial charge in [0.2, 0.25) is 0 Å². The van der Waals surface area contributed by atoms with Crippen molar-refractivity contribution in [2.45, 2.75) is 4.90 Å². The molecule has 0 fully saturated rings. The van der Waals surface area contributed by atoms with Crippen LogP contribution in [0.3, 0.4) is 0 Å². The fraction of sp³-hybridized carbons (Fsp3) is 0.0526. The highest BCUT2D eigenvalue weighted by Crippen LogP contribution is 2.32. The number of nitrogens with one attached hydrogen (secondary N) is 1. The second-order valence-corrected chi connectivity index (χ2v) is 9.03. The van der Waals surface area contributed by atoms with Gasteiger partial charge in [-0.3, -0.25) is 9.29 Å². The molecule has 2 aromatic heterocycles. The van der Waals surface area contributed by atoms with E-state index in [-0.39, 0.29) is 15.6 Å². The molecule has 0 saturated heterocycles. The Morgan fingerprint density at radius 1 is 1.11 bits per heavy atom. The van der Waals surface area contributed by atoms with Crippen molar-refractivity contribution in [3.8, 4) is 0 Å². The van der Waals surface area contributed by atoms with Crippen LogP contribution in [-0.4, -0.2) is 18.0 Å². The van der Waals surface area contributed by atoms with E-state index in [1.165, 1.54) is 28.0 Å². The fourth-order valence-corrected chi connectivity index (χ4v) is 5.29.